The molecule has 0 rings (SSSR count). The van der Waals surface area contributed by atoms with E-state index in [4.69, 9.17) is 9.05 Å². The van der Waals surface area contributed by atoms with Gasteiger partial charge in [-0.3, -0.25) is 13.8 Å². The Hall–Kier alpha value is -2.32. The third kappa shape index (κ3) is 41.6. The average Bonchev–Trinajstić information content (AvgIpc) is 3.16. The van der Waals surface area contributed by atoms with E-state index in [1.54, 1.807) is 6.08 Å². The summed E-state index contributed by atoms with van der Waals surface area (Å²) < 4.78 is 23.5. The highest BCUT2D eigenvalue weighted by Gasteiger charge is 2.27. The first-order chi connectivity index (χ1) is 27.5. The quantitative estimate of drug-likeness (QED) is 0.0247. The van der Waals surface area contributed by atoms with Crippen molar-refractivity contribution < 1.29 is 32.9 Å². The second-order valence-electron chi connectivity index (χ2n) is 16.0. The molecule has 0 bridgehead atoms. The molecule has 0 aromatic carbocycles. The number of amides is 1. The first kappa shape index (κ1) is 54.7. The van der Waals surface area contributed by atoms with Gasteiger partial charge in [-0.05, 0) is 83.5 Å². The van der Waals surface area contributed by atoms with E-state index in [1.165, 1.54) is 57.8 Å². The zero-order valence-electron chi connectivity index (χ0n) is 37.0. The Kier molecular flexibility index (Phi) is 37.6. The number of hydrogen-bond acceptors (Lipinski definition) is 5. The van der Waals surface area contributed by atoms with Gasteiger partial charge in [0.05, 0.1) is 39.9 Å². The number of allylic oxidation sites excluding steroid dienone is 13. The highest BCUT2D eigenvalue weighted by Crippen LogP contribution is 2.43. The van der Waals surface area contributed by atoms with Crippen molar-refractivity contribution in [3.05, 3.63) is 85.1 Å². The number of aliphatic hydroxyl groups is 1. The summed E-state index contributed by atoms with van der Waals surface area (Å²) in [7, 11) is 1.51. The highest BCUT2D eigenvalue weighted by molar-refractivity contribution is 7.47. The number of quaternary nitrogens is 1. The Labute approximate surface area is 350 Å². The summed E-state index contributed by atoms with van der Waals surface area (Å²) in [5.41, 5.74) is 0. The number of likely N-dealkylation sites (N-methyl/N-ethyl adjacent to an activating group) is 1. The molecule has 3 N–H and O–H groups in total. The minimum absolute atomic E-state index is 0.0438. The van der Waals surface area contributed by atoms with Crippen molar-refractivity contribution in [1.29, 1.82) is 0 Å². The predicted octanol–water partition coefficient (Wildman–Crippen LogP) is 12.6. The predicted molar refractivity (Wildman–Crippen MR) is 244 cm³/mol. The van der Waals surface area contributed by atoms with Crippen LogP contribution in [0.2, 0.25) is 0 Å². The van der Waals surface area contributed by atoms with E-state index in [1.807, 2.05) is 27.2 Å². The van der Waals surface area contributed by atoms with Gasteiger partial charge in [0, 0.05) is 6.42 Å². The summed E-state index contributed by atoms with van der Waals surface area (Å²) >= 11 is 0. The van der Waals surface area contributed by atoms with Crippen molar-refractivity contribution in [2.24, 2.45) is 0 Å². The maximum absolute atomic E-state index is 12.9. The molecule has 0 aromatic heterocycles. The van der Waals surface area contributed by atoms with Crippen LogP contribution in [0.4, 0.5) is 0 Å². The smallest absolute Gasteiger partial charge is 0.387 e. The number of phosphoric ester groups is 1. The van der Waals surface area contributed by atoms with Crippen LogP contribution in [0.3, 0.4) is 0 Å². The van der Waals surface area contributed by atoms with Gasteiger partial charge in [-0.2, -0.15) is 0 Å². The number of hydrogen-bond donors (Lipinski definition) is 3. The van der Waals surface area contributed by atoms with Crippen LogP contribution in [0.1, 0.15) is 162 Å². The lowest BCUT2D eigenvalue weighted by Gasteiger charge is -2.25. The number of carbonyl (C=O) groups is 1. The van der Waals surface area contributed by atoms with Gasteiger partial charge < -0.3 is 19.8 Å². The molecule has 0 saturated heterocycles. The van der Waals surface area contributed by atoms with Crippen LogP contribution < -0.4 is 5.32 Å². The van der Waals surface area contributed by atoms with Crippen molar-refractivity contribution in [3.63, 3.8) is 0 Å². The van der Waals surface area contributed by atoms with Gasteiger partial charge in [0.25, 0.3) is 0 Å². The van der Waals surface area contributed by atoms with Gasteiger partial charge in [-0.25, -0.2) is 4.57 Å². The van der Waals surface area contributed by atoms with E-state index < -0.39 is 20.0 Å². The van der Waals surface area contributed by atoms with Crippen molar-refractivity contribution >= 4 is 13.7 Å². The molecule has 0 spiro atoms. The molecule has 3 unspecified atom stereocenters. The topological polar surface area (TPSA) is 105 Å². The van der Waals surface area contributed by atoms with Crippen molar-refractivity contribution in [3.8, 4) is 0 Å². The molecule has 0 fully saturated rings. The van der Waals surface area contributed by atoms with Crippen LogP contribution in [0, 0.1) is 0 Å². The maximum Gasteiger partial charge on any atom is 0.472 e. The number of nitrogens with zero attached hydrogens (tertiary/aromatic N) is 1. The molecule has 0 aliphatic carbocycles. The van der Waals surface area contributed by atoms with Crippen LogP contribution in [0.5, 0.6) is 0 Å². The molecular formula is C48H86N2O6P+. The molecular weight excluding hydrogens is 732 g/mol. The largest absolute Gasteiger partial charge is 0.472 e. The Morgan fingerprint density at radius 1 is 0.614 bits per heavy atom. The fraction of sp³-hybridized carbons (Fsp3) is 0.688. The molecule has 1 amide bonds. The van der Waals surface area contributed by atoms with Crippen LogP contribution in [0.15, 0.2) is 85.1 Å². The summed E-state index contributed by atoms with van der Waals surface area (Å²) in [5, 5.41) is 13.8. The summed E-state index contributed by atoms with van der Waals surface area (Å²) in [6, 6.07) is -0.887. The summed E-state index contributed by atoms with van der Waals surface area (Å²) in [5.74, 6) is -0.219. The van der Waals surface area contributed by atoms with Gasteiger partial charge in [0.15, 0.2) is 0 Å². The Morgan fingerprint density at radius 2 is 1.07 bits per heavy atom. The number of aliphatic hydroxyl groups excluding tert-OH is 1. The van der Waals surface area contributed by atoms with Gasteiger partial charge in [-0.1, -0.05) is 157 Å². The SMILES string of the molecule is CC/C=C\C/C=C\C/C=C\C/C=C\CCCCCCC(=O)NC(COP(=O)(O)OCC[N+](C)(C)C)C(O)/C=C/CC/C=C/CC/C=C/CCCCCCCCCC. The Morgan fingerprint density at radius 3 is 1.61 bits per heavy atom. The van der Waals surface area contributed by atoms with Crippen molar-refractivity contribution in [1.82, 2.24) is 5.32 Å². The van der Waals surface area contributed by atoms with Crippen LogP contribution in [-0.4, -0.2) is 73.4 Å². The first-order valence-electron chi connectivity index (χ1n) is 22.5. The molecule has 57 heavy (non-hydrogen) atoms. The monoisotopic (exact) mass is 818 g/mol. The number of rotatable bonds is 39. The van der Waals surface area contributed by atoms with Crippen LogP contribution >= 0.6 is 7.82 Å². The second kappa shape index (κ2) is 39.2. The zero-order chi connectivity index (χ0) is 42.1. The molecule has 0 aliphatic heterocycles. The normalized spacial score (nSPS) is 15.1. The van der Waals surface area contributed by atoms with E-state index in [-0.39, 0.29) is 19.1 Å². The van der Waals surface area contributed by atoms with Gasteiger partial charge in [0.2, 0.25) is 5.91 Å². The third-order valence-corrected chi connectivity index (χ3v) is 10.3. The lowest BCUT2D eigenvalue weighted by Crippen LogP contribution is -2.45. The summed E-state index contributed by atoms with van der Waals surface area (Å²) in [6.07, 6.45) is 53.7. The van der Waals surface area contributed by atoms with Crippen LogP contribution in [0.25, 0.3) is 0 Å². The van der Waals surface area contributed by atoms with E-state index >= 15 is 0 Å². The maximum atomic E-state index is 12.9. The van der Waals surface area contributed by atoms with E-state index in [9.17, 15) is 19.4 Å². The molecule has 328 valence electrons. The second-order valence-corrected chi connectivity index (χ2v) is 17.5. The van der Waals surface area contributed by atoms with Crippen LogP contribution in [-0.2, 0) is 18.4 Å². The molecule has 9 heteroatoms. The third-order valence-electron chi connectivity index (χ3n) is 9.33. The fourth-order valence-electron chi connectivity index (χ4n) is 5.77. The van der Waals surface area contributed by atoms with Gasteiger partial charge in [-0.15, -0.1) is 0 Å². The Bertz CT molecular complexity index is 1200. The number of unbranched alkanes of at least 4 members (excludes halogenated alkanes) is 14. The van der Waals surface area contributed by atoms with E-state index in [0.29, 0.717) is 17.4 Å². The molecule has 0 radical (unpaired) electrons. The minimum Gasteiger partial charge on any atom is -0.387 e. The number of phosphoric acid groups is 1. The fourth-order valence-corrected chi connectivity index (χ4v) is 6.50. The summed E-state index contributed by atoms with van der Waals surface area (Å²) in [4.78, 5) is 23.1. The molecule has 8 nitrogen and oxygen atoms in total. The summed E-state index contributed by atoms with van der Waals surface area (Å²) in [6.45, 7) is 4.62. The highest BCUT2D eigenvalue weighted by atomic mass is 31.2. The lowest BCUT2D eigenvalue weighted by atomic mass is 10.1. The molecule has 0 aliphatic rings. The zero-order valence-corrected chi connectivity index (χ0v) is 37.9. The minimum atomic E-state index is -4.36. The first-order valence-corrected chi connectivity index (χ1v) is 24.0. The standard InChI is InChI=1S/C48H85N2O6P/c1-6-8-10-12-14-16-18-20-22-24-26-27-29-31-33-35-37-39-41-47(51)46(45-56-57(53,54)55-44-43-50(3,4)5)49-48(52)42-40-38-36-34-32-30-28-25-23-21-19-17-15-13-11-9-7-2/h9,11,15,17,21,23-24,26,28,30-31,33,39,41,46-47,51H,6-8,10,12-14,16,18-20,22,25,27,29,32,34-38,40,42-45H2,1-5H3,(H-,49,52,53,54)/p+1/b11-9-,17-15-,23-21-,26-24+,30-28-,33-31+,41-39+. The number of nitrogens with one attached hydrogen (secondary N) is 1. The number of carbonyl (C=O) groups excluding carboxylic acids is 1. The van der Waals surface area contributed by atoms with Crippen molar-refractivity contribution in [2.45, 2.75) is 174 Å². The lowest BCUT2D eigenvalue weighted by molar-refractivity contribution is -0.870. The molecule has 0 heterocycles. The average molecular weight is 818 g/mol. The molecule has 0 saturated carbocycles. The van der Waals surface area contributed by atoms with E-state index in [2.05, 4.69) is 92.1 Å². The Balaban J connectivity index is 4.57. The van der Waals surface area contributed by atoms with Crippen molar-refractivity contribution in [2.75, 3.05) is 40.9 Å². The van der Waals surface area contributed by atoms with Gasteiger partial charge >= 0.3 is 7.82 Å². The molecule has 0 aromatic rings. The molecule has 3 atom stereocenters. The van der Waals surface area contributed by atoms with E-state index in [0.717, 1.165) is 83.5 Å². The van der Waals surface area contributed by atoms with Gasteiger partial charge in [0.1, 0.15) is 13.2 Å².